The van der Waals surface area contributed by atoms with Crippen LogP contribution in [0, 0.1) is 17.6 Å². The van der Waals surface area contributed by atoms with Crippen molar-refractivity contribution >= 4 is 0 Å². The smallest absolute Gasteiger partial charge is 0.399 e. The van der Waals surface area contributed by atoms with Gasteiger partial charge in [-0.05, 0) is 91.0 Å². The van der Waals surface area contributed by atoms with Crippen LogP contribution in [0.1, 0.15) is 98.8 Å². The van der Waals surface area contributed by atoms with Gasteiger partial charge in [-0.3, -0.25) is 0 Å². The van der Waals surface area contributed by atoms with Gasteiger partial charge in [0.2, 0.25) is 5.75 Å². The molecule has 1 saturated carbocycles. The van der Waals surface area contributed by atoms with Gasteiger partial charge in [0.25, 0.3) is 0 Å². The molecule has 0 saturated heterocycles. The number of hydrogen-bond donors (Lipinski definition) is 0. The second-order valence-electron chi connectivity index (χ2n) is 10.0. The number of unbranched alkanes of at least 4 members (excludes halogenated alkanes) is 2. The first kappa shape index (κ1) is 25.0. The average molecular weight is 481 g/mol. The van der Waals surface area contributed by atoms with Crippen LogP contribution in [0.4, 0.5) is 22.0 Å². The third-order valence-corrected chi connectivity index (χ3v) is 7.74. The van der Waals surface area contributed by atoms with Crippen LogP contribution in [-0.2, 0) is 12.8 Å². The Morgan fingerprint density at radius 2 is 1.53 bits per heavy atom. The maximum atomic E-state index is 14.6. The molecule has 0 aliphatic heterocycles. The molecular weight excluding hydrogens is 447 g/mol. The predicted molar refractivity (Wildman–Crippen MR) is 123 cm³/mol. The first-order chi connectivity index (χ1) is 16.2. The van der Waals surface area contributed by atoms with E-state index >= 15 is 0 Å². The average Bonchev–Trinajstić information content (AvgIpc) is 2.82. The lowest BCUT2D eigenvalue weighted by molar-refractivity contribution is -0.276. The molecule has 1 nitrogen and oxygen atoms in total. The number of rotatable bonds is 7. The highest BCUT2D eigenvalue weighted by Crippen LogP contribution is 2.41. The summed E-state index contributed by atoms with van der Waals surface area (Å²) in [6.07, 6.45) is 6.47. The fraction of sp³-hybridized carbons (Fsp3) is 0.571. The molecule has 186 valence electrons. The number of benzene rings is 2. The standard InChI is InChI=1S/C28H33F5O/c1-2-3-4-5-18-6-8-19(9-7-18)20-10-12-21(13-11-20)22-14-15-24-23(16-22)17-25(29)27(26(24)30)34-28(31,32)33/h10-13,17-19,22H,2-9,14-16H2,1H3. The van der Waals surface area contributed by atoms with Gasteiger partial charge in [-0.1, -0.05) is 56.9 Å². The van der Waals surface area contributed by atoms with Gasteiger partial charge in [0.1, 0.15) is 0 Å². The largest absolute Gasteiger partial charge is 0.573 e. The molecule has 0 aromatic heterocycles. The van der Waals surface area contributed by atoms with E-state index in [-0.39, 0.29) is 17.9 Å². The fourth-order valence-electron chi connectivity index (χ4n) is 5.83. The van der Waals surface area contributed by atoms with Crippen LogP contribution in [0.2, 0.25) is 0 Å². The lowest BCUT2D eigenvalue weighted by Gasteiger charge is -2.30. The van der Waals surface area contributed by atoms with E-state index in [9.17, 15) is 22.0 Å². The van der Waals surface area contributed by atoms with Crippen molar-refractivity contribution in [3.8, 4) is 5.75 Å². The first-order valence-electron chi connectivity index (χ1n) is 12.6. The van der Waals surface area contributed by atoms with Crippen LogP contribution >= 0.6 is 0 Å². The number of hydrogen-bond acceptors (Lipinski definition) is 1. The maximum Gasteiger partial charge on any atom is 0.573 e. The molecule has 0 amide bonds. The highest BCUT2D eigenvalue weighted by atomic mass is 19.4. The molecule has 4 rings (SSSR count). The molecule has 1 atom stereocenters. The van der Waals surface area contributed by atoms with Crippen LogP contribution in [0.3, 0.4) is 0 Å². The minimum atomic E-state index is -5.14. The molecule has 0 heterocycles. The molecule has 1 fully saturated rings. The number of ether oxygens (including phenoxy) is 1. The molecule has 2 aromatic rings. The second-order valence-corrected chi connectivity index (χ2v) is 10.0. The molecule has 6 heteroatoms. The lowest BCUT2D eigenvalue weighted by Crippen LogP contribution is -2.21. The molecule has 34 heavy (non-hydrogen) atoms. The summed E-state index contributed by atoms with van der Waals surface area (Å²) in [5, 5.41) is 0. The van der Waals surface area contributed by atoms with Gasteiger partial charge in [0, 0.05) is 0 Å². The Balaban J connectivity index is 1.39. The second kappa shape index (κ2) is 10.7. The summed E-state index contributed by atoms with van der Waals surface area (Å²) in [6.45, 7) is 2.24. The Morgan fingerprint density at radius 1 is 0.882 bits per heavy atom. The molecule has 1 unspecified atom stereocenters. The van der Waals surface area contributed by atoms with E-state index in [0.29, 0.717) is 24.3 Å². The summed E-state index contributed by atoms with van der Waals surface area (Å²) in [6, 6.07) is 9.61. The quantitative estimate of drug-likeness (QED) is 0.284. The molecule has 2 aliphatic carbocycles. The van der Waals surface area contributed by atoms with E-state index in [1.54, 1.807) is 0 Å². The third kappa shape index (κ3) is 5.92. The zero-order valence-corrected chi connectivity index (χ0v) is 19.7. The van der Waals surface area contributed by atoms with Crippen LogP contribution in [-0.4, -0.2) is 6.36 Å². The van der Waals surface area contributed by atoms with Crippen molar-refractivity contribution in [1.82, 2.24) is 0 Å². The van der Waals surface area contributed by atoms with E-state index in [1.165, 1.54) is 56.9 Å². The molecule has 0 radical (unpaired) electrons. The van der Waals surface area contributed by atoms with Crippen LogP contribution in [0.15, 0.2) is 30.3 Å². The number of fused-ring (bicyclic) bond motifs is 1. The fourth-order valence-corrected chi connectivity index (χ4v) is 5.83. The van der Waals surface area contributed by atoms with E-state index in [1.807, 2.05) is 0 Å². The number of halogens is 5. The van der Waals surface area contributed by atoms with Gasteiger partial charge in [-0.2, -0.15) is 0 Å². The Morgan fingerprint density at radius 3 is 2.15 bits per heavy atom. The van der Waals surface area contributed by atoms with Gasteiger partial charge in [-0.25, -0.2) is 8.78 Å². The van der Waals surface area contributed by atoms with Gasteiger partial charge in [0.05, 0.1) is 0 Å². The van der Waals surface area contributed by atoms with E-state index < -0.39 is 23.7 Å². The summed E-state index contributed by atoms with van der Waals surface area (Å²) < 4.78 is 69.9. The van der Waals surface area contributed by atoms with Crippen molar-refractivity contribution < 1.29 is 26.7 Å². The predicted octanol–water partition coefficient (Wildman–Crippen LogP) is 8.99. The van der Waals surface area contributed by atoms with E-state index in [0.717, 1.165) is 17.5 Å². The molecular formula is C28H33F5O. The zero-order valence-electron chi connectivity index (χ0n) is 19.7. The lowest BCUT2D eigenvalue weighted by atomic mass is 9.76. The van der Waals surface area contributed by atoms with Gasteiger partial charge < -0.3 is 4.74 Å². The van der Waals surface area contributed by atoms with Gasteiger partial charge in [-0.15, -0.1) is 13.2 Å². The van der Waals surface area contributed by atoms with Crippen LogP contribution in [0.25, 0.3) is 0 Å². The molecule has 0 spiro atoms. The summed E-state index contributed by atoms with van der Waals surface area (Å²) in [5.74, 6) is -2.34. The molecule has 0 bridgehead atoms. The summed E-state index contributed by atoms with van der Waals surface area (Å²) in [4.78, 5) is 0. The Bertz CT molecular complexity index is 958. The summed E-state index contributed by atoms with van der Waals surface area (Å²) in [7, 11) is 0. The summed E-state index contributed by atoms with van der Waals surface area (Å²) in [5.41, 5.74) is 3.02. The summed E-state index contributed by atoms with van der Waals surface area (Å²) >= 11 is 0. The number of alkyl halides is 3. The Hall–Kier alpha value is -2.11. The van der Waals surface area contributed by atoms with Gasteiger partial charge in [0.15, 0.2) is 11.6 Å². The normalized spacial score (nSPS) is 22.9. The SMILES string of the molecule is CCCCCC1CCC(c2ccc(C3CCc4c(cc(F)c(OC(F)(F)F)c4F)C3)cc2)CC1. The minimum absolute atomic E-state index is 0.0871. The van der Waals surface area contributed by atoms with Crippen LogP contribution < -0.4 is 4.74 Å². The molecule has 2 aromatic carbocycles. The highest BCUT2D eigenvalue weighted by Gasteiger charge is 2.36. The maximum absolute atomic E-state index is 14.6. The highest BCUT2D eigenvalue weighted by molar-refractivity contribution is 5.42. The van der Waals surface area contributed by atoms with Crippen molar-refractivity contribution in [3.05, 3.63) is 64.2 Å². The monoisotopic (exact) mass is 480 g/mol. The third-order valence-electron chi connectivity index (χ3n) is 7.74. The zero-order chi connectivity index (χ0) is 24.3. The van der Waals surface area contributed by atoms with Gasteiger partial charge >= 0.3 is 6.36 Å². The Labute approximate surface area is 198 Å². The minimum Gasteiger partial charge on any atom is -0.399 e. The van der Waals surface area contributed by atoms with Crippen molar-refractivity contribution in [2.45, 2.75) is 95.8 Å². The van der Waals surface area contributed by atoms with Crippen molar-refractivity contribution in [2.75, 3.05) is 0 Å². The molecule has 0 N–H and O–H groups in total. The molecule has 2 aliphatic rings. The van der Waals surface area contributed by atoms with Crippen molar-refractivity contribution in [3.63, 3.8) is 0 Å². The van der Waals surface area contributed by atoms with Crippen LogP contribution in [0.5, 0.6) is 5.75 Å². The first-order valence-corrected chi connectivity index (χ1v) is 12.6. The topological polar surface area (TPSA) is 9.23 Å². The Kier molecular flexibility index (Phi) is 7.83. The van der Waals surface area contributed by atoms with Crippen molar-refractivity contribution in [2.24, 2.45) is 5.92 Å². The van der Waals surface area contributed by atoms with E-state index in [2.05, 4.69) is 35.9 Å². The van der Waals surface area contributed by atoms with Crippen molar-refractivity contribution in [1.29, 1.82) is 0 Å². The van der Waals surface area contributed by atoms with E-state index in [4.69, 9.17) is 0 Å².